The molecule has 102 valence electrons. The summed E-state index contributed by atoms with van der Waals surface area (Å²) >= 11 is 0. The smallest absolute Gasteiger partial charge is 0.138 e. The fraction of sp³-hybridized carbons (Fsp3) is 0.500. The maximum atomic E-state index is 11.2. The lowest BCUT2D eigenvalue weighted by atomic mass is 9.75. The highest BCUT2D eigenvalue weighted by molar-refractivity contribution is 5.70. The van der Waals surface area contributed by atoms with Crippen LogP contribution < -0.4 is 15.7 Å². The molecule has 4 atom stereocenters. The molecule has 5 nitrogen and oxygen atoms in total. The van der Waals surface area contributed by atoms with Crippen LogP contribution in [0.2, 0.25) is 0 Å². The zero-order chi connectivity index (χ0) is 13.6. The molecule has 0 aliphatic carbocycles. The van der Waals surface area contributed by atoms with Gasteiger partial charge in [0.05, 0.1) is 18.6 Å². The molecule has 0 aromatic heterocycles. The van der Waals surface area contributed by atoms with E-state index in [0.717, 1.165) is 11.3 Å². The molecule has 1 saturated heterocycles. The van der Waals surface area contributed by atoms with Gasteiger partial charge in [0.1, 0.15) is 11.6 Å². The minimum atomic E-state index is -1.05. The lowest BCUT2D eigenvalue weighted by Gasteiger charge is -2.43. The Bertz CT molecular complexity index is 519. The highest BCUT2D eigenvalue weighted by atomic mass is 16.4. The fourth-order valence-electron chi connectivity index (χ4n) is 3.51. The Labute approximate surface area is 111 Å². The van der Waals surface area contributed by atoms with Crippen molar-refractivity contribution in [2.75, 3.05) is 11.9 Å². The Balaban J connectivity index is 2.01. The van der Waals surface area contributed by atoms with Gasteiger partial charge in [-0.2, -0.15) is 0 Å². The number of carboxylic acid groups (broad SMARTS) is 1. The monoisotopic (exact) mass is 262 g/mol. The standard InChI is InChI=1S/C14H18N2O3/c1-14(7-17)12-9(6-11(16-14)13(18)19)8-4-2-3-5-10(8)15-12/h2-5,9,11-12,15-17H,6-7H2,1H3,(H,18,19)/t9-,11-,12-,14-/m0/s1. The largest absolute Gasteiger partial charge is 0.544 e. The average Bonchev–Trinajstić information content (AvgIpc) is 2.78. The molecule has 0 unspecified atom stereocenters. The number of quaternary nitrogens is 1. The lowest BCUT2D eigenvalue weighted by Crippen LogP contribution is -3.07. The van der Waals surface area contributed by atoms with E-state index >= 15 is 0 Å². The Hall–Kier alpha value is -1.59. The second-order valence-electron chi connectivity index (χ2n) is 5.81. The number of carboxylic acids is 1. The average molecular weight is 262 g/mol. The molecular formula is C14H18N2O3. The van der Waals surface area contributed by atoms with Gasteiger partial charge in [-0.05, 0) is 18.6 Å². The number of aliphatic carboxylic acids is 1. The molecule has 4 N–H and O–H groups in total. The number of nitrogens with two attached hydrogens (primary N) is 1. The van der Waals surface area contributed by atoms with E-state index in [2.05, 4.69) is 5.32 Å². The zero-order valence-electron chi connectivity index (χ0n) is 10.8. The van der Waals surface area contributed by atoms with Crippen molar-refractivity contribution in [1.29, 1.82) is 0 Å². The third-order valence-electron chi connectivity index (χ3n) is 4.52. The molecule has 1 aromatic carbocycles. The molecule has 2 aliphatic rings. The summed E-state index contributed by atoms with van der Waals surface area (Å²) in [6, 6.07) is 7.39. The Kier molecular flexibility index (Phi) is 2.76. The number of fused-ring (bicyclic) bond motifs is 3. The number of nitrogens with one attached hydrogen (secondary N) is 1. The minimum absolute atomic E-state index is 0.0468. The minimum Gasteiger partial charge on any atom is -0.544 e. The summed E-state index contributed by atoms with van der Waals surface area (Å²) in [5.41, 5.74) is 1.64. The van der Waals surface area contributed by atoms with Crippen molar-refractivity contribution in [3.8, 4) is 0 Å². The molecule has 19 heavy (non-hydrogen) atoms. The Morgan fingerprint density at radius 3 is 3.00 bits per heavy atom. The van der Waals surface area contributed by atoms with Crippen LogP contribution in [0.5, 0.6) is 0 Å². The van der Waals surface area contributed by atoms with Gasteiger partial charge in [-0.3, -0.25) is 0 Å². The summed E-state index contributed by atoms with van der Waals surface area (Å²) in [4.78, 5) is 11.2. The number of aliphatic hydroxyl groups is 1. The molecule has 0 saturated carbocycles. The maximum Gasteiger partial charge on any atom is 0.138 e. The molecule has 5 heteroatoms. The van der Waals surface area contributed by atoms with E-state index in [0.29, 0.717) is 6.42 Å². The summed E-state index contributed by atoms with van der Waals surface area (Å²) in [6.07, 6.45) is 0.534. The predicted molar refractivity (Wildman–Crippen MR) is 67.4 cm³/mol. The van der Waals surface area contributed by atoms with Crippen LogP contribution in [0.25, 0.3) is 0 Å². The molecule has 0 amide bonds. The summed E-state index contributed by atoms with van der Waals surface area (Å²) in [5.74, 6) is -0.941. The van der Waals surface area contributed by atoms with Crippen molar-refractivity contribution in [3.63, 3.8) is 0 Å². The van der Waals surface area contributed by atoms with Gasteiger partial charge in [-0.15, -0.1) is 0 Å². The van der Waals surface area contributed by atoms with E-state index in [4.69, 9.17) is 0 Å². The third kappa shape index (κ3) is 1.81. The number of carbonyl (C=O) groups excluding carboxylic acids is 1. The molecule has 1 fully saturated rings. The van der Waals surface area contributed by atoms with Crippen LogP contribution in [0.4, 0.5) is 5.69 Å². The van der Waals surface area contributed by atoms with Gasteiger partial charge in [-0.1, -0.05) is 18.2 Å². The van der Waals surface area contributed by atoms with Crippen molar-refractivity contribution in [2.24, 2.45) is 0 Å². The SMILES string of the molecule is C[C@@]1(CO)[NH2+][C@H](C(=O)[O-])C[C@H]2c3ccccc3N[C@@H]21. The number of anilines is 1. The van der Waals surface area contributed by atoms with Gasteiger partial charge in [-0.25, -0.2) is 0 Å². The van der Waals surface area contributed by atoms with Gasteiger partial charge in [0.15, 0.2) is 0 Å². The van der Waals surface area contributed by atoms with Crippen LogP contribution >= 0.6 is 0 Å². The molecular weight excluding hydrogens is 244 g/mol. The van der Waals surface area contributed by atoms with Crippen LogP contribution in [0.15, 0.2) is 24.3 Å². The highest BCUT2D eigenvalue weighted by Gasteiger charge is 2.52. The number of hydrogen-bond donors (Lipinski definition) is 3. The predicted octanol–water partition coefficient (Wildman–Crippen LogP) is -1.60. The van der Waals surface area contributed by atoms with E-state index < -0.39 is 17.6 Å². The number of aliphatic hydroxyl groups excluding tert-OH is 1. The molecule has 0 spiro atoms. The normalized spacial score (nSPS) is 36.2. The molecule has 0 bridgehead atoms. The van der Waals surface area contributed by atoms with Crippen molar-refractivity contribution >= 4 is 11.7 Å². The number of benzene rings is 1. The number of carbonyl (C=O) groups is 1. The first kappa shape index (κ1) is 12.4. The van der Waals surface area contributed by atoms with Crippen molar-refractivity contribution in [2.45, 2.75) is 36.9 Å². The van der Waals surface area contributed by atoms with Crippen LogP contribution in [0.3, 0.4) is 0 Å². The van der Waals surface area contributed by atoms with E-state index in [1.165, 1.54) is 0 Å². The Morgan fingerprint density at radius 2 is 2.32 bits per heavy atom. The van der Waals surface area contributed by atoms with Crippen LogP contribution in [-0.2, 0) is 4.79 Å². The van der Waals surface area contributed by atoms with Crippen LogP contribution in [0.1, 0.15) is 24.8 Å². The number of rotatable bonds is 2. The van der Waals surface area contributed by atoms with Crippen LogP contribution in [-0.4, -0.2) is 35.3 Å². The molecule has 1 aromatic rings. The number of piperidine rings is 1. The van der Waals surface area contributed by atoms with E-state index in [1.807, 2.05) is 31.2 Å². The van der Waals surface area contributed by atoms with Gasteiger partial charge < -0.3 is 25.6 Å². The maximum absolute atomic E-state index is 11.2. The second-order valence-corrected chi connectivity index (χ2v) is 5.81. The van der Waals surface area contributed by atoms with Crippen molar-refractivity contribution in [1.82, 2.24) is 0 Å². The van der Waals surface area contributed by atoms with E-state index in [-0.39, 0.29) is 18.6 Å². The van der Waals surface area contributed by atoms with Gasteiger partial charge in [0.25, 0.3) is 0 Å². The molecule has 3 rings (SSSR count). The van der Waals surface area contributed by atoms with Gasteiger partial charge >= 0.3 is 0 Å². The molecule has 0 radical (unpaired) electrons. The summed E-state index contributed by atoms with van der Waals surface area (Å²) < 4.78 is 0. The first-order valence-corrected chi connectivity index (χ1v) is 6.58. The first-order chi connectivity index (χ1) is 9.05. The summed E-state index contributed by atoms with van der Waals surface area (Å²) in [5, 5.41) is 26.1. The van der Waals surface area contributed by atoms with Crippen LogP contribution in [0, 0.1) is 0 Å². The number of para-hydroxylation sites is 1. The topological polar surface area (TPSA) is 89.0 Å². The number of hydrogen-bond acceptors (Lipinski definition) is 4. The highest BCUT2D eigenvalue weighted by Crippen LogP contribution is 2.42. The fourth-order valence-corrected chi connectivity index (χ4v) is 3.51. The lowest BCUT2D eigenvalue weighted by molar-refractivity contribution is -0.759. The van der Waals surface area contributed by atoms with Gasteiger partial charge in [0.2, 0.25) is 0 Å². The Morgan fingerprint density at radius 1 is 1.58 bits per heavy atom. The molecule has 2 aliphatic heterocycles. The zero-order valence-corrected chi connectivity index (χ0v) is 10.8. The second kappa shape index (κ2) is 4.21. The summed E-state index contributed by atoms with van der Waals surface area (Å²) in [6.45, 7) is 1.83. The first-order valence-electron chi connectivity index (χ1n) is 6.58. The van der Waals surface area contributed by atoms with Crippen molar-refractivity contribution in [3.05, 3.63) is 29.8 Å². The third-order valence-corrected chi connectivity index (χ3v) is 4.52. The van der Waals surface area contributed by atoms with Crippen molar-refractivity contribution < 1.29 is 20.3 Å². The van der Waals surface area contributed by atoms with E-state index in [9.17, 15) is 15.0 Å². The summed E-state index contributed by atoms with van der Waals surface area (Å²) in [7, 11) is 0. The van der Waals surface area contributed by atoms with E-state index in [1.54, 1.807) is 5.32 Å². The quantitative estimate of drug-likeness (QED) is 0.599. The molecule has 2 heterocycles. The van der Waals surface area contributed by atoms with Gasteiger partial charge in [0, 0.05) is 18.0 Å².